The highest BCUT2D eigenvalue weighted by atomic mass is 16.6. The number of nitro groups is 1. The number of pyridine rings is 1. The minimum atomic E-state index is -0.415. The van der Waals surface area contributed by atoms with Crippen molar-refractivity contribution in [2.45, 2.75) is 6.92 Å². The van der Waals surface area contributed by atoms with E-state index < -0.39 is 4.92 Å². The Bertz CT molecular complexity index is 443. The molecule has 1 fully saturated rings. The van der Waals surface area contributed by atoms with Gasteiger partial charge in [-0.3, -0.25) is 10.1 Å². The van der Waals surface area contributed by atoms with Crippen LogP contribution in [0.2, 0.25) is 0 Å². The second-order valence-electron chi connectivity index (χ2n) is 4.52. The van der Waals surface area contributed by atoms with Crippen LogP contribution in [0.15, 0.2) is 12.3 Å². The molecule has 1 aliphatic heterocycles. The number of hydrogen-bond acceptors (Lipinski definition) is 6. The zero-order valence-corrected chi connectivity index (χ0v) is 10.6. The van der Waals surface area contributed by atoms with Crippen LogP contribution in [0.3, 0.4) is 0 Å². The van der Waals surface area contributed by atoms with E-state index >= 15 is 0 Å². The van der Waals surface area contributed by atoms with Crippen LogP contribution < -0.4 is 5.43 Å². The monoisotopic (exact) mass is 251 g/mol. The molecule has 0 atom stereocenters. The van der Waals surface area contributed by atoms with Crippen molar-refractivity contribution in [3.63, 3.8) is 0 Å². The maximum atomic E-state index is 10.7. The van der Waals surface area contributed by atoms with E-state index in [9.17, 15) is 10.1 Å². The Balaban J connectivity index is 2.02. The minimum absolute atomic E-state index is 0.0546. The SMILES string of the molecule is Cc1cc(NN2CCN(C)CC2)ncc1[N+](=O)[O-]. The molecule has 2 heterocycles. The zero-order valence-electron chi connectivity index (χ0n) is 10.6. The van der Waals surface area contributed by atoms with Crippen molar-refractivity contribution in [1.82, 2.24) is 14.9 Å². The number of anilines is 1. The molecule has 7 heteroatoms. The molecule has 1 saturated heterocycles. The molecule has 1 aromatic rings. The Morgan fingerprint density at radius 2 is 2.06 bits per heavy atom. The molecule has 1 aromatic heterocycles. The maximum absolute atomic E-state index is 10.7. The molecule has 0 aromatic carbocycles. The average molecular weight is 251 g/mol. The third-order valence-corrected chi connectivity index (χ3v) is 3.06. The van der Waals surface area contributed by atoms with Crippen molar-refractivity contribution in [1.29, 1.82) is 0 Å². The summed E-state index contributed by atoms with van der Waals surface area (Å²) in [5.74, 6) is 0.655. The van der Waals surface area contributed by atoms with Crippen molar-refractivity contribution >= 4 is 11.5 Å². The highest BCUT2D eigenvalue weighted by molar-refractivity contribution is 5.46. The van der Waals surface area contributed by atoms with E-state index in [1.165, 1.54) is 6.20 Å². The largest absolute Gasteiger partial charge is 0.304 e. The molecule has 98 valence electrons. The molecule has 7 nitrogen and oxygen atoms in total. The summed E-state index contributed by atoms with van der Waals surface area (Å²) < 4.78 is 0. The van der Waals surface area contributed by atoms with Crippen LogP contribution in [0.5, 0.6) is 0 Å². The van der Waals surface area contributed by atoms with Crippen LogP contribution in [0.25, 0.3) is 0 Å². The van der Waals surface area contributed by atoms with Crippen molar-refractivity contribution in [3.05, 3.63) is 27.9 Å². The van der Waals surface area contributed by atoms with E-state index in [-0.39, 0.29) is 5.69 Å². The number of rotatable bonds is 3. The van der Waals surface area contributed by atoms with Gasteiger partial charge < -0.3 is 10.3 Å². The fraction of sp³-hybridized carbons (Fsp3) is 0.545. The third-order valence-electron chi connectivity index (χ3n) is 3.06. The van der Waals surface area contributed by atoms with Crippen LogP contribution in [0.4, 0.5) is 11.5 Å². The molecule has 1 N–H and O–H groups in total. The molecular formula is C11H17N5O2. The molecule has 0 aliphatic carbocycles. The number of aryl methyl sites for hydroxylation is 1. The van der Waals surface area contributed by atoms with E-state index in [2.05, 4.69) is 27.4 Å². The van der Waals surface area contributed by atoms with Gasteiger partial charge in [0.2, 0.25) is 0 Å². The van der Waals surface area contributed by atoms with Gasteiger partial charge in [0, 0.05) is 31.7 Å². The second-order valence-corrected chi connectivity index (χ2v) is 4.52. The highest BCUT2D eigenvalue weighted by Gasteiger charge is 2.16. The number of likely N-dealkylation sites (N-methyl/N-ethyl adjacent to an activating group) is 1. The van der Waals surface area contributed by atoms with E-state index in [4.69, 9.17) is 0 Å². The molecule has 0 spiro atoms. The zero-order chi connectivity index (χ0) is 13.1. The lowest BCUT2D eigenvalue weighted by Gasteiger charge is -2.32. The predicted octanol–water partition coefficient (Wildman–Crippen LogP) is 0.873. The minimum Gasteiger partial charge on any atom is -0.304 e. The lowest BCUT2D eigenvalue weighted by atomic mass is 10.2. The standard InChI is InChI=1S/C11H17N5O2/c1-9-7-11(12-8-10(9)16(17)18)13-15-5-3-14(2)4-6-15/h7-8H,3-6H2,1-2H3,(H,12,13). The predicted molar refractivity (Wildman–Crippen MR) is 68.3 cm³/mol. The molecule has 0 bridgehead atoms. The van der Waals surface area contributed by atoms with E-state index in [1.807, 2.05) is 0 Å². The Kier molecular flexibility index (Phi) is 3.73. The van der Waals surface area contributed by atoms with Gasteiger partial charge in [0.05, 0.1) is 4.92 Å². The summed E-state index contributed by atoms with van der Waals surface area (Å²) in [7, 11) is 2.09. The fourth-order valence-electron chi connectivity index (χ4n) is 1.88. The summed E-state index contributed by atoms with van der Waals surface area (Å²) in [6.45, 7) is 5.54. The highest BCUT2D eigenvalue weighted by Crippen LogP contribution is 2.19. The van der Waals surface area contributed by atoms with Gasteiger partial charge in [-0.2, -0.15) is 0 Å². The number of piperazine rings is 1. The van der Waals surface area contributed by atoms with Gasteiger partial charge in [0.25, 0.3) is 5.69 Å². The summed E-state index contributed by atoms with van der Waals surface area (Å²) in [5, 5.41) is 12.8. The molecule has 0 saturated carbocycles. The number of hydrazine groups is 1. The summed E-state index contributed by atoms with van der Waals surface area (Å²) in [6, 6.07) is 1.70. The molecule has 0 amide bonds. The Labute approximate surface area is 106 Å². The molecule has 2 rings (SSSR count). The van der Waals surface area contributed by atoms with E-state index in [0.717, 1.165) is 26.2 Å². The van der Waals surface area contributed by atoms with Crippen LogP contribution in [0.1, 0.15) is 5.56 Å². The van der Waals surface area contributed by atoms with Gasteiger partial charge in [0.15, 0.2) is 0 Å². The second kappa shape index (κ2) is 5.28. The van der Waals surface area contributed by atoms with Gasteiger partial charge in [-0.1, -0.05) is 0 Å². The van der Waals surface area contributed by atoms with Crippen LogP contribution in [0, 0.1) is 17.0 Å². The van der Waals surface area contributed by atoms with Gasteiger partial charge in [-0.05, 0) is 20.0 Å². The molecule has 0 unspecified atom stereocenters. The van der Waals surface area contributed by atoms with Crippen molar-refractivity contribution in [2.75, 3.05) is 38.7 Å². The lowest BCUT2D eigenvalue weighted by molar-refractivity contribution is -0.385. The molecule has 1 aliphatic rings. The number of nitrogens with zero attached hydrogens (tertiary/aromatic N) is 4. The van der Waals surface area contributed by atoms with Gasteiger partial charge in [-0.25, -0.2) is 9.99 Å². The topological polar surface area (TPSA) is 74.5 Å². The average Bonchev–Trinajstić information content (AvgIpc) is 2.32. The summed E-state index contributed by atoms with van der Waals surface area (Å²) in [6.07, 6.45) is 1.30. The number of nitrogens with one attached hydrogen (secondary N) is 1. The fourth-order valence-corrected chi connectivity index (χ4v) is 1.88. The first-order chi connectivity index (χ1) is 8.56. The van der Waals surface area contributed by atoms with Gasteiger partial charge >= 0.3 is 0 Å². The van der Waals surface area contributed by atoms with E-state index in [1.54, 1.807) is 13.0 Å². The first-order valence-electron chi connectivity index (χ1n) is 5.87. The van der Waals surface area contributed by atoms with Crippen LogP contribution >= 0.6 is 0 Å². The van der Waals surface area contributed by atoms with Crippen LogP contribution in [-0.2, 0) is 0 Å². The summed E-state index contributed by atoms with van der Waals surface area (Å²) in [5.41, 5.74) is 3.85. The Morgan fingerprint density at radius 1 is 1.39 bits per heavy atom. The first kappa shape index (κ1) is 12.7. The third kappa shape index (κ3) is 2.93. The molecular weight excluding hydrogens is 234 g/mol. The quantitative estimate of drug-likeness (QED) is 0.634. The van der Waals surface area contributed by atoms with Gasteiger partial charge in [0.1, 0.15) is 12.0 Å². The number of hydrogen-bond donors (Lipinski definition) is 1. The van der Waals surface area contributed by atoms with Gasteiger partial charge in [-0.15, -0.1) is 0 Å². The number of aromatic nitrogens is 1. The van der Waals surface area contributed by atoms with Crippen molar-refractivity contribution in [2.24, 2.45) is 0 Å². The smallest absolute Gasteiger partial charge is 0.290 e. The maximum Gasteiger partial charge on any atom is 0.290 e. The van der Waals surface area contributed by atoms with Crippen molar-refractivity contribution < 1.29 is 4.92 Å². The Morgan fingerprint density at radius 3 is 2.61 bits per heavy atom. The summed E-state index contributed by atoms with van der Waals surface area (Å²) >= 11 is 0. The lowest BCUT2D eigenvalue weighted by Crippen LogP contribution is -2.47. The Hall–Kier alpha value is -1.73. The molecule has 18 heavy (non-hydrogen) atoms. The summed E-state index contributed by atoms with van der Waals surface area (Å²) in [4.78, 5) is 16.6. The van der Waals surface area contributed by atoms with Crippen LogP contribution in [-0.4, -0.2) is 53.0 Å². The molecule has 0 radical (unpaired) electrons. The van der Waals surface area contributed by atoms with Crippen molar-refractivity contribution in [3.8, 4) is 0 Å². The first-order valence-corrected chi connectivity index (χ1v) is 5.87. The van der Waals surface area contributed by atoms with E-state index in [0.29, 0.717) is 11.4 Å². The normalized spacial score (nSPS) is 17.7.